The molecule has 1 saturated heterocycles. The maximum Gasteiger partial charge on any atom is 0.239 e. The minimum Gasteiger partial charge on any atom is -0.291 e. The van der Waals surface area contributed by atoms with Crippen LogP contribution >= 0.6 is 0 Å². The van der Waals surface area contributed by atoms with Crippen molar-refractivity contribution in [1.82, 2.24) is 0 Å². The molecule has 0 radical (unpaired) electrons. The number of hydrogen-bond acceptors (Lipinski definition) is 0. The Labute approximate surface area is 50.0 Å². The monoisotopic (exact) mass is 113 g/mol. The molecule has 0 bridgehead atoms. The van der Waals surface area contributed by atoms with Crippen molar-refractivity contribution in [2.24, 2.45) is 5.73 Å². The first-order valence-electron chi connectivity index (χ1n) is 3.14. The van der Waals surface area contributed by atoms with Gasteiger partial charge in [-0.1, -0.05) is 0 Å². The standard InChI is InChI=1S/C6H12N2/c1-6(7)8-4-2-3-5-8/h7H,2-5H2,1H3/p+1. The van der Waals surface area contributed by atoms with Crippen LogP contribution in [0.25, 0.3) is 0 Å². The topological polar surface area (TPSA) is 29.0 Å². The molecule has 0 spiro atoms. The van der Waals surface area contributed by atoms with Crippen LogP contribution in [0.3, 0.4) is 0 Å². The number of hydrogen-bond donors (Lipinski definition) is 1. The summed E-state index contributed by atoms with van der Waals surface area (Å²) >= 11 is 0. The van der Waals surface area contributed by atoms with E-state index in [1.807, 2.05) is 6.92 Å². The summed E-state index contributed by atoms with van der Waals surface area (Å²) in [5.74, 6) is 0.975. The van der Waals surface area contributed by atoms with E-state index in [2.05, 4.69) is 4.58 Å². The SMILES string of the molecule is CC(N)=[N+]1CCCC1. The summed E-state index contributed by atoms with van der Waals surface area (Å²) in [5.41, 5.74) is 5.54. The molecule has 0 aromatic heterocycles. The highest BCUT2D eigenvalue weighted by molar-refractivity contribution is 5.72. The van der Waals surface area contributed by atoms with Crippen LogP contribution in [0.1, 0.15) is 19.8 Å². The second-order valence-electron chi connectivity index (χ2n) is 2.34. The number of nitrogens with zero attached hydrogens (tertiary/aromatic N) is 1. The zero-order chi connectivity index (χ0) is 5.98. The molecule has 1 heterocycles. The average molecular weight is 113 g/mol. The van der Waals surface area contributed by atoms with Crippen LogP contribution < -0.4 is 5.73 Å². The Morgan fingerprint density at radius 2 is 1.88 bits per heavy atom. The van der Waals surface area contributed by atoms with Gasteiger partial charge in [-0.2, -0.15) is 0 Å². The quantitative estimate of drug-likeness (QED) is 0.352. The van der Waals surface area contributed by atoms with Gasteiger partial charge in [0, 0.05) is 6.92 Å². The summed E-state index contributed by atoms with van der Waals surface area (Å²) in [7, 11) is 0. The predicted molar refractivity (Wildman–Crippen MR) is 34.1 cm³/mol. The fourth-order valence-corrected chi connectivity index (χ4v) is 1.07. The number of nitrogens with two attached hydrogens (primary N) is 1. The van der Waals surface area contributed by atoms with Crippen molar-refractivity contribution in [2.75, 3.05) is 13.1 Å². The fourth-order valence-electron chi connectivity index (χ4n) is 1.07. The van der Waals surface area contributed by atoms with Gasteiger partial charge in [0.2, 0.25) is 5.84 Å². The van der Waals surface area contributed by atoms with E-state index in [4.69, 9.17) is 5.73 Å². The van der Waals surface area contributed by atoms with Gasteiger partial charge >= 0.3 is 0 Å². The molecule has 1 rings (SSSR count). The van der Waals surface area contributed by atoms with Gasteiger partial charge in [-0.15, -0.1) is 0 Å². The smallest absolute Gasteiger partial charge is 0.239 e. The third-order valence-electron chi connectivity index (χ3n) is 1.60. The summed E-state index contributed by atoms with van der Waals surface area (Å²) in [6.45, 7) is 4.30. The molecule has 0 aliphatic carbocycles. The fraction of sp³-hybridized carbons (Fsp3) is 0.833. The lowest BCUT2D eigenvalue weighted by Crippen LogP contribution is -2.22. The molecule has 0 unspecified atom stereocenters. The number of rotatable bonds is 0. The molecule has 2 nitrogen and oxygen atoms in total. The lowest BCUT2D eigenvalue weighted by atomic mass is 10.4. The zero-order valence-corrected chi connectivity index (χ0v) is 5.35. The van der Waals surface area contributed by atoms with Gasteiger partial charge < -0.3 is 0 Å². The third kappa shape index (κ3) is 0.997. The Bertz CT molecular complexity index is 104. The lowest BCUT2D eigenvalue weighted by molar-refractivity contribution is -0.507. The summed E-state index contributed by atoms with van der Waals surface area (Å²) < 4.78 is 2.22. The highest BCUT2D eigenvalue weighted by atomic mass is 15.1. The first-order chi connectivity index (χ1) is 3.80. The van der Waals surface area contributed by atoms with Gasteiger partial charge in [0.1, 0.15) is 0 Å². The van der Waals surface area contributed by atoms with Crippen molar-refractivity contribution >= 4 is 5.84 Å². The van der Waals surface area contributed by atoms with Crippen molar-refractivity contribution in [1.29, 1.82) is 0 Å². The molecule has 8 heavy (non-hydrogen) atoms. The molecular formula is C6H13N2+. The van der Waals surface area contributed by atoms with E-state index in [0.717, 1.165) is 5.84 Å². The minimum atomic E-state index is 0.975. The van der Waals surface area contributed by atoms with Gasteiger partial charge in [-0.05, 0) is 12.8 Å². The van der Waals surface area contributed by atoms with Crippen LogP contribution in [0.2, 0.25) is 0 Å². The lowest BCUT2D eigenvalue weighted by Gasteiger charge is -1.93. The van der Waals surface area contributed by atoms with Gasteiger partial charge in [-0.25, -0.2) is 0 Å². The maximum absolute atomic E-state index is 5.54. The Morgan fingerprint density at radius 3 is 2.12 bits per heavy atom. The molecule has 0 saturated carbocycles. The molecule has 2 heteroatoms. The van der Waals surface area contributed by atoms with E-state index in [0.29, 0.717) is 0 Å². The molecular weight excluding hydrogens is 100 g/mol. The number of amidine groups is 1. The minimum absolute atomic E-state index is 0.975. The highest BCUT2D eigenvalue weighted by Crippen LogP contribution is 1.99. The van der Waals surface area contributed by atoms with Crippen LogP contribution in [0.15, 0.2) is 0 Å². The Morgan fingerprint density at radius 1 is 1.38 bits per heavy atom. The first-order valence-corrected chi connectivity index (χ1v) is 3.14. The van der Waals surface area contributed by atoms with Crippen LogP contribution in [0.5, 0.6) is 0 Å². The summed E-state index contributed by atoms with van der Waals surface area (Å²) in [6, 6.07) is 0. The molecule has 46 valence electrons. The van der Waals surface area contributed by atoms with Gasteiger partial charge in [-0.3, -0.25) is 10.3 Å². The van der Waals surface area contributed by atoms with Crippen molar-refractivity contribution in [2.45, 2.75) is 19.8 Å². The van der Waals surface area contributed by atoms with Crippen LogP contribution in [-0.4, -0.2) is 23.5 Å². The second kappa shape index (κ2) is 2.16. The maximum atomic E-state index is 5.54. The Balaban J connectivity index is 2.58. The van der Waals surface area contributed by atoms with Crippen LogP contribution in [-0.2, 0) is 0 Å². The molecule has 0 atom stereocenters. The van der Waals surface area contributed by atoms with E-state index in [1.165, 1.54) is 25.9 Å². The molecule has 2 N–H and O–H groups in total. The Kier molecular flexibility index (Phi) is 1.51. The van der Waals surface area contributed by atoms with Crippen LogP contribution in [0, 0.1) is 0 Å². The Hall–Kier alpha value is -0.530. The largest absolute Gasteiger partial charge is 0.291 e. The molecule has 0 amide bonds. The summed E-state index contributed by atoms with van der Waals surface area (Å²) in [5, 5.41) is 0. The third-order valence-corrected chi connectivity index (χ3v) is 1.60. The van der Waals surface area contributed by atoms with Crippen molar-refractivity contribution in [3.05, 3.63) is 0 Å². The van der Waals surface area contributed by atoms with E-state index in [-0.39, 0.29) is 0 Å². The van der Waals surface area contributed by atoms with Crippen molar-refractivity contribution < 1.29 is 4.58 Å². The van der Waals surface area contributed by atoms with Gasteiger partial charge in [0.05, 0.1) is 13.1 Å². The van der Waals surface area contributed by atoms with Crippen LogP contribution in [0.4, 0.5) is 0 Å². The average Bonchev–Trinajstić information content (AvgIpc) is 2.12. The molecule has 0 aromatic carbocycles. The molecule has 0 aromatic rings. The first kappa shape index (κ1) is 5.60. The van der Waals surface area contributed by atoms with Crippen molar-refractivity contribution in [3.63, 3.8) is 0 Å². The predicted octanol–water partition coefficient (Wildman–Crippen LogP) is 0.170. The summed E-state index contributed by atoms with van der Waals surface area (Å²) in [6.07, 6.45) is 2.63. The van der Waals surface area contributed by atoms with E-state index in [9.17, 15) is 0 Å². The van der Waals surface area contributed by atoms with Gasteiger partial charge in [0.25, 0.3) is 0 Å². The van der Waals surface area contributed by atoms with E-state index in [1.54, 1.807) is 0 Å². The molecule has 1 fully saturated rings. The van der Waals surface area contributed by atoms with Crippen molar-refractivity contribution in [3.8, 4) is 0 Å². The molecule has 1 aliphatic rings. The van der Waals surface area contributed by atoms with Gasteiger partial charge in [0.15, 0.2) is 0 Å². The molecule has 1 aliphatic heterocycles. The second-order valence-corrected chi connectivity index (χ2v) is 2.34. The zero-order valence-electron chi connectivity index (χ0n) is 5.35. The normalized spacial score (nSPS) is 19.4. The van der Waals surface area contributed by atoms with E-state index >= 15 is 0 Å². The summed E-state index contributed by atoms with van der Waals surface area (Å²) in [4.78, 5) is 0. The van der Waals surface area contributed by atoms with E-state index < -0.39 is 0 Å². The highest BCUT2D eigenvalue weighted by Gasteiger charge is 2.09.